The van der Waals surface area contributed by atoms with Crippen molar-refractivity contribution in [2.24, 2.45) is 0 Å². The van der Waals surface area contributed by atoms with Crippen molar-refractivity contribution in [2.75, 3.05) is 11.5 Å². The number of nitrogens with two attached hydrogens (primary N) is 1. The van der Waals surface area contributed by atoms with Crippen molar-refractivity contribution in [1.82, 2.24) is 15.2 Å². The van der Waals surface area contributed by atoms with E-state index in [1.54, 1.807) is 0 Å². The molecule has 3 rings (SSSR count). The highest BCUT2D eigenvalue weighted by Gasteiger charge is 2.52. The molecule has 2 aliphatic rings. The monoisotopic (exact) mass is 464 g/mol. The van der Waals surface area contributed by atoms with E-state index in [9.17, 15) is 19.2 Å². The Morgan fingerprint density at radius 3 is 2.50 bits per heavy atom. The summed E-state index contributed by atoms with van der Waals surface area (Å²) in [6, 6.07) is -0.908. The number of aliphatic carboxylic acids is 2. The van der Waals surface area contributed by atoms with Crippen molar-refractivity contribution in [3.63, 3.8) is 0 Å². The molecule has 0 saturated carbocycles. The van der Waals surface area contributed by atoms with E-state index in [0.717, 1.165) is 16.2 Å². The Kier molecular flexibility index (Phi) is 9.64. The molecule has 2 aliphatic heterocycles. The number of anilines is 1. The van der Waals surface area contributed by atoms with E-state index in [4.69, 9.17) is 15.9 Å². The van der Waals surface area contributed by atoms with Crippen LogP contribution in [0.5, 0.6) is 0 Å². The van der Waals surface area contributed by atoms with Gasteiger partial charge in [0.25, 0.3) is 11.8 Å². The second kappa shape index (κ2) is 10.7. The number of carbonyl (C=O) groups is 4. The van der Waals surface area contributed by atoms with Crippen molar-refractivity contribution in [3.05, 3.63) is 28.9 Å². The van der Waals surface area contributed by atoms with Gasteiger partial charge in [-0.15, -0.1) is 23.1 Å². The number of hydrogen-bond donors (Lipinski definition) is 4. The predicted octanol–water partition coefficient (Wildman–Crippen LogP) is -2.52. The predicted molar refractivity (Wildman–Crippen MR) is 108 cm³/mol. The molecule has 0 bridgehead atoms. The summed E-state index contributed by atoms with van der Waals surface area (Å²) in [6.45, 7) is 0. The van der Waals surface area contributed by atoms with Gasteiger partial charge in [-0.1, -0.05) is 6.08 Å². The Balaban J connectivity index is 0.00000280. The van der Waals surface area contributed by atoms with E-state index in [0.29, 0.717) is 5.75 Å². The van der Waals surface area contributed by atoms with Crippen LogP contribution in [0, 0.1) is 0 Å². The fourth-order valence-electron chi connectivity index (χ4n) is 2.67. The summed E-state index contributed by atoms with van der Waals surface area (Å²) in [5.41, 5.74) is 5.66. The number of nitrogen functional groups attached to an aromatic ring is 1. The molecule has 11 N–H and O–H groups in total. The zero-order valence-corrected chi connectivity index (χ0v) is 16.7. The van der Waals surface area contributed by atoms with E-state index in [2.05, 4.69) is 10.3 Å². The van der Waals surface area contributed by atoms with Gasteiger partial charge in [0.05, 0.1) is 17.7 Å². The van der Waals surface area contributed by atoms with Gasteiger partial charge in [0.2, 0.25) is 0 Å². The highest BCUT2D eigenvalue weighted by atomic mass is 32.2. The average molecular weight is 464 g/mol. The minimum absolute atomic E-state index is 0. The number of thioether (sulfide) groups is 1. The lowest BCUT2D eigenvalue weighted by atomic mass is 10.0. The Labute approximate surface area is 177 Å². The maximum atomic E-state index is 12.6. The first-order valence-electron chi connectivity index (χ1n) is 7.62. The second-order valence-corrected chi connectivity index (χ2v) is 7.60. The van der Waals surface area contributed by atoms with Gasteiger partial charge in [0.1, 0.15) is 17.1 Å². The fourth-order valence-corrected chi connectivity index (χ4v) is 4.43. The number of β-lactam (4-membered cyclic amide) rings is 1. The molecule has 0 spiro atoms. The molecule has 13 nitrogen and oxygen atoms in total. The number of carboxylic acid groups (broad SMARTS) is 2. The lowest BCUT2D eigenvalue weighted by Gasteiger charge is -2.48. The molecule has 1 aromatic heterocycles. The van der Waals surface area contributed by atoms with Crippen LogP contribution < -0.4 is 11.1 Å². The summed E-state index contributed by atoms with van der Waals surface area (Å²) >= 11 is 2.41. The van der Waals surface area contributed by atoms with Gasteiger partial charge in [0, 0.05) is 11.1 Å². The molecule has 0 aromatic carbocycles. The van der Waals surface area contributed by atoms with E-state index >= 15 is 0 Å². The van der Waals surface area contributed by atoms with Crippen molar-refractivity contribution < 1.29 is 45.8 Å². The van der Waals surface area contributed by atoms with Gasteiger partial charge in [-0.25, -0.2) is 9.78 Å². The molecule has 2 atom stereocenters. The van der Waals surface area contributed by atoms with Crippen LogP contribution in [0.2, 0.25) is 0 Å². The van der Waals surface area contributed by atoms with E-state index < -0.39 is 41.6 Å². The molecule has 166 valence electrons. The van der Waals surface area contributed by atoms with Gasteiger partial charge in [-0.2, -0.15) is 0 Å². The summed E-state index contributed by atoms with van der Waals surface area (Å²) in [6.07, 6.45) is 2.23. The average Bonchev–Trinajstić information content (AvgIpc) is 3.04. The maximum absolute atomic E-state index is 12.6. The Hall–Kier alpha value is -2.98. The molecule has 1 fully saturated rings. The van der Waals surface area contributed by atoms with Crippen LogP contribution in [0.25, 0.3) is 5.57 Å². The number of hydrogen-bond acceptors (Lipinski definition) is 8. The van der Waals surface area contributed by atoms with Gasteiger partial charge in [-0.3, -0.25) is 19.3 Å². The highest BCUT2D eigenvalue weighted by Crippen LogP contribution is 2.37. The lowest BCUT2D eigenvalue weighted by molar-refractivity contribution is -0.150. The minimum Gasteiger partial charge on any atom is -0.481 e. The Morgan fingerprint density at radius 2 is 1.97 bits per heavy atom. The van der Waals surface area contributed by atoms with Gasteiger partial charge in [-0.05, 0) is 6.08 Å². The molecule has 0 aliphatic carbocycles. The molecule has 1 aromatic rings. The standard InChI is InChI=1S/C15H14N4O6S2.3H2O/c16-15-17-7(5-27-15)6(1-2-9(20)21)11(22)18-10-12(23)19-8(14(24)25)3-4-26-13(10)19;;;/h1,3,5,10,13H,2,4H2,(H2,16,17)(H,18,22)(H,20,21)(H,24,25);3*1H2/b6-1-;;;/t10-,13-;;;/m1.../s1. The molecular formula is C15H20N4O9S2. The first-order valence-corrected chi connectivity index (χ1v) is 9.54. The second-order valence-electron chi connectivity index (χ2n) is 5.56. The first-order chi connectivity index (χ1) is 12.8. The van der Waals surface area contributed by atoms with Crippen LogP contribution >= 0.6 is 23.1 Å². The van der Waals surface area contributed by atoms with E-state index in [1.165, 1.54) is 29.3 Å². The van der Waals surface area contributed by atoms with E-state index in [-0.39, 0.29) is 38.5 Å². The van der Waals surface area contributed by atoms with Gasteiger partial charge >= 0.3 is 11.9 Å². The SMILES string of the molecule is Nc1nc(/C(=C/CC(=O)O)C(=O)N[C@@H]2C(=O)N3C(C(=O)O)=CCS[C@H]23)cs1.O.O.O. The van der Waals surface area contributed by atoms with Crippen molar-refractivity contribution in [1.29, 1.82) is 0 Å². The lowest BCUT2D eigenvalue weighted by Crippen LogP contribution is -2.70. The van der Waals surface area contributed by atoms with Crippen molar-refractivity contribution in [3.8, 4) is 0 Å². The zero-order chi connectivity index (χ0) is 19.7. The molecule has 30 heavy (non-hydrogen) atoms. The number of amides is 2. The quantitative estimate of drug-likeness (QED) is 0.255. The van der Waals surface area contributed by atoms with Crippen LogP contribution in [0.4, 0.5) is 5.13 Å². The van der Waals surface area contributed by atoms with Crippen molar-refractivity contribution >= 4 is 57.6 Å². The largest absolute Gasteiger partial charge is 0.481 e. The number of fused-ring (bicyclic) bond motifs is 1. The summed E-state index contributed by atoms with van der Waals surface area (Å²) in [4.78, 5) is 52.1. The third-order valence-electron chi connectivity index (χ3n) is 3.88. The minimum atomic E-state index is -1.21. The van der Waals surface area contributed by atoms with Crippen LogP contribution in [-0.4, -0.2) is 77.4 Å². The highest BCUT2D eigenvalue weighted by molar-refractivity contribution is 8.00. The number of nitrogens with one attached hydrogen (secondary N) is 1. The summed E-state index contributed by atoms with van der Waals surface area (Å²) in [7, 11) is 0. The fraction of sp³-hybridized carbons (Fsp3) is 0.267. The number of carbonyl (C=O) groups excluding carboxylic acids is 2. The number of thiazole rings is 1. The van der Waals surface area contributed by atoms with Crippen LogP contribution in [0.15, 0.2) is 23.2 Å². The molecule has 0 unspecified atom stereocenters. The molecule has 0 radical (unpaired) electrons. The van der Waals surface area contributed by atoms with Crippen LogP contribution in [0.3, 0.4) is 0 Å². The third-order valence-corrected chi connectivity index (χ3v) is 5.73. The number of nitrogens with zero attached hydrogens (tertiary/aromatic N) is 2. The summed E-state index contributed by atoms with van der Waals surface area (Å²) in [5.74, 6) is -3.16. The molecule has 2 amide bonds. The Morgan fingerprint density at radius 1 is 1.30 bits per heavy atom. The van der Waals surface area contributed by atoms with Gasteiger partial charge < -0.3 is 37.7 Å². The van der Waals surface area contributed by atoms with E-state index in [1.807, 2.05) is 0 Å². The number of aromatic nitrogens is 1. The van der Waals surface area contributed by atoms with Gasteiger partial charge in [0.15, 0.2) is 5.13 Å². The summed E-state index contributed by atoms with van der Waals surface area (Å²) in [5, 5.41) is 21.8. The zero-order valence-electron chi connectivity index (χ0n) is 15.1. The summed E-state index contributed by atoms with van der Waals surface area (Å²) < 4.78 is 0. The van der Waals surface area contributed by atoms with Crippen LogP contribution in [0.1, 0.15) is 12.1 Å². The normalized spacial score (nSPS) is 19.6. The number of rotatable bonds is 6. The maximum Gasteiger partial charge on any atom is 0.352 e. The topological polar surface area (TPSA) is 257 Å². The first kappa shape index (κ1) is 27.0. The smallest absolute Gasteiger partial charge is 0.352 e. The molecule has 3 heterocycles. The van der Waals surface area contributed by atoms with Crippen LogP contribution in [-0.2, 0) is 19.2 Å². The third kappa shape index (κ3) is 5.14. The Bertz CT molecular complexity index is 898. The number of carboxylic acids is 2. The molecular weight excluding hydrogens is 444 g/mol. The molecule has 1 saturated heterocycles. The van der Waals surface area contributed by atoms with Crippen molar-refractivity contribution in [2.45, 2.75) is 17.8 Å². The molecule has 15 heteroatoms.